The largest absolute Gasteiger partial charge is 0.419 e. The van der Waals surface area contributed by atoms with E-state index in [1.165, 1.54) is 25.4 Å². The van der Waals surface area contributed by atoms with E-state index in [4.69, 9.17) is 4.84 Å². The van der Waals surface area contributed by atoms with Crippen LogP contribution in [0.5, 0.6) is 0 Å². The fourth-order valence-corrected chi connectivity index (χ4v) is 2.18. The molecule has 9 heteroatoms. The Morgan fingerprint density at radius 2 is 1.83 bits per heavy atom. The van der Waals surface area contributed by atoms with Crippen LogP contribution in [0.1, 0.15) is 5.56 Å². The third-order valence-corrected chi connectivity index (χ3v) is 3.38. The molecular formula is C15H9F4N3O2. The second-order valence-electron chi connectivity index (χ2n) is 4.84. The highest BCUT2D eigenvalue weighted by molar-refractivity contribution is 5.85. The maximum Gasteiger partial charge on any atom is 0.419 e. The molecule has 3 rings (SSSR count). The van der Waals surface area contributed by atoms with Crippen LogP contribution in [-0.4, -0.2) is 21.8 Å². The average Bonchev–Trinajstić information content (AvgIpc) is 2.55. The number of aromatic nitrogens is 3. The molecule has 0 fully saturated rings. The number of alkyl halides is 3. The first kappa shape index (κ1) is 15.9. The van der Waals surface area contributed by atoms with Crippen LogP contribution in [0.2, 0.25) is 0 Å². The van der Waals surface area contributed by atoms with Gasteiger partial charge >= 0.3 is 6.18 Å². The van der Waals surface area contributed by atoms with Crippen LogP contribution in [0.25, 0.3) is 22.2 Å². The Labute approximate surface area is 132 Å². The van der Waals surface area contributed by atoms with Gasteiger partial charge in [-0.25, -0.2) is 14.4 Å². The standard InChI is InChI=1S/C15H9F4N3O2/c1-24-22-3-2-8-4-11(12(16)5-10(8)14(22)23)13-20-6-9(7-21-13)15(17,18)19/h2-7H,1H3. The zero-order valence-electron chi connectivity index (χ0n) is 12.1. The van der Waals surface area contributed by atoms with Crippen molar-refractivity contribution in [1.29, 1.82) is 0 Å². The number of nitrogens with zero attached hydrogens (tertiary/aromatic N) is 3. The van der Waals surface area contributed by atoms with Crippen molar-refractivity contribution in [2.75, 3.05) is 7.11 Å². The highest BCUT2D eigenvalue weighted by atomic mass is 19.4. The Kier molecular flexibility index (Phi) is 3.70. The summed E-state index contributed by atoms with van der Waals surface area (Å²) in [5.41, 5.74) is -1.70. The van der Waals surface area contributed by atoms with Gasteiger partial charge in [0.15, 0.2) is 5.82 Å². The Hall–Kier alpha value is -2.97. The molecule has 0 aliphatic rings. The van der Waals surface area contributed by atoms with Crippen molar-refractivity contribution in [1.82, 2.24) is 14.7 Å². The van der Waals surface area contributed by atoms with Gasteiger partial charge in [-0.2, -0.15) is 17.9 Å². The number of rotatable bonds is 2. The quantitative estimate of drug-likeness (QED) is 0.674. The van der Waals surface area contributed by atoms with E-state index < -0.39 is 23.1 Å². The highest BCUT2D eigenvalue weighted by Crippen LogP contribution is 2.29. The molecule has 5 nitrogen and oxygen atoms in total. The molecule has 0 radical (unpaired) electrons. The predicted octanol–water partition coefficient (Wildman–Crippen LogP) is 2.67. The lowest BCUT2D eigenvalue weighted by Crippen LogP contribution is -2.24. The van der Waals surface area contributed by atoms with E-state index in [1.807, 2.05) is 0 Å². The van der Waals surface area contributed by atoms with Crippen molar-refractivity contribution in [2.45, 2.75) is 6.18 Å². The molecule has 2 aromatic heterocycles. The number of pyridine rings is 1. The average molecular weight is 339 g/mol. The molecular weight excluding hydrogens is 330 g/mol. The predicted molar refractivity (Wildman–Crippen MR) is 76.7 cm³/mol. The normalized spacial score (nSPS) is 11.7. The molecule has 0 saturated heterocycles. The molecule has 0 aliphatic carbocycles. The van der Waals surface area contributed by atoms with Crippen LogP contribution in [0.4, 0.5) is 17.6 Å². The van der Waals surface area contributed by atoms with E-state index in [0.717, 1.165) is 10.8 Å². The molecule has 2 heterocycles. The van der Waals surface area contributed by atoms with Crippen molar-refractivity contribution in [2.24, 2.45) is 0 Å². The van der Waals surface area contributed by atoms with Crippen molar-refractivity contribution >= 4 is 10.8 Å². The zero-order valence-corrected chi connectivity index (χ0v) is 12.1. The summed E-state index contributed by atoms with van der Waals surface area (Å²) < 4.78 is 52.8. The molecule has 0 N–H and O–H groups in total. The Bertz CT molecular complexity index is 965. The molecule has 0 unspecified atom stereocenters. The molecule has 0 amide bonds. The third-order valence-electron chi connectivity index (χ3n) is 3.38. The minimum Gasteiger partial charge on any atom is -0.414 e. The van der Waals surface area contributed by atoms with Gasteiger partial charge in [-0.05, 0) is 23.6 Å². The molecule has 24 heavy (non-hydrogen) atoms. The molecule has 3 aromatic rings. The van der Waals surface area contributed by atoms with Crippen LogP contribution in [0.3, 0.4) is 0 Å². The van der Waals surface area contributed by atoms with Gasteiger partial charge in [0.2, 0.25) is 0 Å². The van der Waals surface area contributed by atoms with Gasteiger partial charge in [-0.1, -0.05) is 0 Å². The maximum atomic E-state index is 14.3. The maximum absolute atomic E-state index is 14.3. The molecule has 0 aliphatic heterocycles. The Morgan fingerprint density at radius 3 is 2.42 bits per heavy atom. The third kappa shape index (κ3) is 2.68. The molecule has 0 saturated carbocycles. The topological polar surface area (TPSA) is 57.0 Å². The monoisotopic (exact) mass is 339 g/mol. The first-order chi connectivity index (χ1) is 11.3. The SMILES string of the molecule is COn1ccc2cc(-c3ncc(C(F)(F)F)cn3)c(F)cc2c1=O. The second-order valence-corrected chi connectivity index (χ2v) is 4.84. The molecule has 0 atom stereocenters. The fourth-order valence-electron chi connectivity index (χ4n) is 2.18. The number of hydrogen-bond donors (Lipinski definition) is 0. The highest BCUT2D eigenvalue weighted by Gasteiger charge is 2.31. The van der Waals surface area contributed by atoms with Crippen LogP contribution in [-0.2, 0) is 6.18 Å². The fraction of sp³-hybridized carbons (Fsp3) is 0.133. The summed E-state index contributed by atoms with van der Waals surface area (Å²) in [7, 11) is 1.29. The number of fused-ring (bicyclic) bond motifs is 1. The van der Waals surface area contributed by atoms with Gasteiger partial charge in [0.05, 0.1) is 16.5 Å². The second kappa shape index (κ2) is 5.59. The zero-order chi connectivity index (χ0) is 17.5. The minimum atomic E-state index is -4.58. The molecule has 124 valence electrons. The van der Waals surface area contributed by atoms with Crippen molar-refractivity contribution in [3.63, 3.8) is 0 Å². The van der Waals surface area contributed by atoms with Gasteiger partial charge in [0, 0.05) is 18.6 Å². The first-order valence-electron chi connectivity index (χ1n) is 6.60. The van der Waals surface area contributed by atoms with E-state index >= 15 is 0 Å². The lowest BCUT2D eigenvalue weighted by atomic mass is 10.1. The minimum absolute atomic E-state index is 0.0625. The van der Waals surface area contributed by atoms with Crippen molar-refractivity contribution in [3.05, 3.63) is 58.5 Å². The number of benzene rings is 1. The number of halogens is 4. The van der Waals surface area contributed by atoms with Gasteiger partial charge in [-0.3, -0.25) is 4.79 Å². The Balaban J connectivity index is 2.13. The summed E-state index contributed by atoms with van der Waals surface area (Å²) in [6.07, 6.45) is -2.07. The van der Waals surface area contributed by atoms with E-state index in [1.54, 1.807) is 0 Å². The number of hydrogen-bond acceptors (Lipinski definition) is 4. The van der Waals surface area contributed by atoms with E-state index in [0.29, 0.717) is 17.8 Å². The van der Waals surface area contributed by atoms with E-state index in [9.17, 15) is 22.4 Å². The summed E-state index contributed by atoms with van der Waals surface area (Å²) in [5, 5.41) is 0.445. The van der Waals surface area contributed by atoms with E-state index in [2.05, 4.69) is 9.97 Å². The van der Waals surface area contributed by atoms with Crippen molar-refractivity contribution < 1.29 is 22.4 Å². The lowest BCUT2D eigenvalue weighted by Gasteiger charge is -2.09. The summed E-state index contributed by atoms with van der Waals surface area (Å²) in [6, 6.07) is 3.78. The van der Waals surface area contributed by atoms with Crippen molar-refractivity contribution in [3.8, 4) is 11.4 Å². The van der Waals surface area contributed by atoms with Gasteiger partial charge < -0.3 is 4.84 Å². The Morgan fingerprint density at radius 1 is 1.17 bits per heavy atom. The van der Waals surface area contributed by atoms with Crippen LogP contribution in [0, 0.1) is 5.82 Å². The molecule has 0 bridgehead atoms. The molecule has 1 aromatic carbocycles. The van der Waals surface area contributed by atoms with Crippen LogP contribution in [0.15, 0.2) is 41.6 Å². The summed E-state index contributed by atoms with van der Waals surface area (Å²) in [5.74, 6) is -1.04. The van der Waals surface area contributed by atoms with Gasteiger partial charge in [0.25, 0.3) is 5.56 Å². The molecule has 0 spiro atoms. The summed E-state index contributed by atoms with van der Waals surface area (Å²) in [6.45, 7) is 0. The first-order valence-corrected chi connectivity index (χ1v) is 6.60. The summed E-state index contributed by atoms with van der Waals surface area (Å²) in [4.78, 5) is 24.0. The van der Waals surface area contributed by atoms with E-state index in [-0.39, 0.29) is 16.8 Å². The summed E-state index contributed by atoms with van der Waals surface area (Å²) >= 11 is 0. The van der Waals surface area contributed by atoms with Crippen LogP contribution < -0.4 is 10.4 Å². The smallest absolute Gasteiger partial charge is 0.414 e. The van der Waals surface area contributed by atoms with Gasteiger partial charge in [-0.15, -0.1) is 0 Å². The van der Waals surface area contributed by atoms with Gasteiger partial charge in [0.1, 0.15) is 12.9 Å². The van der Waals surface area contributed by atoms with Crippen LogP contribution >= 0.6 is 0 Å². The lowest BCUT2D eigenvalue weighted by molar-refractivity contribution is -0.138.